The molecule has 3 heterocycles. The minimum Gasteiger partial charge on any atom is -0.456 e. The van der Waals surface area contributed by atoms with Gasteiger partial charge in [-0.15, -0.1) is 11.3 Å². The molecular formula is C17H13BrN2O3S. The number of carbonyl (C=O) groups is 1. The van der Waals surface area contributed by atoms with Gasteiger partial charge in [0.2, 0.25) is 0 Å². The van der Waals surface area contributed by atoms with E-state index in [0.29, 0.717) is 11.3 Å². The van der Waals surface area contributed by atoms with Crippen molar-refractivity contribution in [2.45, 2.75) is 13.5 Å². The van der Waals surface area contributed by atoms with Crippen LogP contribution in [0.1, 0.15) is 16.1 Å². The van der Waals surface area contributed by atoms with Gasteiger partial charge in [0, 0.05) is 23.2 Å². The van der Waals surface area contributed by atoms with Gasteiger partial charge in [0.05, 0.1) is 9.48 Å². The summed E-state index contributed by atoms with van der Waals surface area (Å²) in [6.45, 7) is 1.83. The molecule has 24 heavy (non-hydrogen) atoms. The number of esters is 1. The summed E-state index contributed by atoms with van der Waals surface area (Å²) in [4.78, 5) is 29.2. The molecule has 0 aromatic carbocycles. The number of hydrogen-bond acceptors (Lipinski definition) is 5. The Labute approximate surface area is 150 Å². The lowest BCUT2D eigenvalue weighted by Gasteiger charge is -2.06. The maximum absolute atomic E-state index is 12.1. The van der Waals surface area contributed by atoms with Gasteiger partial charge in [-0.05, 0) is 52.7 Å². The van der Waals surface area contributed by atoms with E-state index >= 15 is 0 Å². The highest BCUT2D eigenvalue weighted by Gasteiger charge is 2.06. The molecule has 122 valence electrons. The Morgan fingerprint density at radius 1 is 1.42 bits per heavy atom. The first-order chi connectivity index (χ1) is 11.5. The van der Waals surface area contributed by atoms with E-state index in [0.717, 1.165) is 14.2 Å². The first-order valence-electron chi connectivity index (χ1n) is 7.11. The van der Waals surface area contributed by atoms with Crippen LogP contribution in [-0.4, -0.2) is 15.4 Å². The van der Waals surface area contributed by atoms with E-state index in [9.17, 15) is 9.59 Å². The third-order valence-corrected chi connectivity index (χ3v) is 4.87. The second-order valence-electron chi connectivity index (χ2n) is 5.05. The molecule has 0 aliphatic carbocycles. The Morgan fingerprint density at radius 3 is 3.00 bits per heavy atom. The summed E-state index contributed by atoms with van der Waals surface area (Å²) in [6.07, 6.45) is 4.71. The average Bonchev–Trinajstić information content (AvgIpc) is 2.97. The number of thiophene rings is 1. The fourth-order valence-electron chi connectivity index (χ4n) is 2.14. The van der Waals surface area contributed by atoms with Gasteiger partial charge in [0.1, 0.15) is 12.3 Å². The zero-order valence-electron chi connectivity index (χ0n) is 12.7. The summed E-state index contributed by atoms with van der Waals surface area (Å²) >= 11 is 4.88. The quantitative estimate of drug-likeness (QED) is 0.492. The number of nitrogens with zero attached hydrogens (tertiary/aromatic N) is 2. The van der Waals surface area contributed by atoms with Gasteiger partial charge in [-0.1, -0.05) is 6.07 Å². The van der Waals surface area contributed by atoms with Gasteiger partial charge in [-0.2, -0.15) is 0 Å². The van der Waals surface area contributed by atoms with Crippen LogP contribution in [0, 0.1) is 6.92 Å². The highest BCUT2D eigenvalue weighted by molar-refractivity contribution is 9.11. The summed E-state index contributed by atoms with van der Waals surface area (Å²) in [5, 5.41) is 0. The van der Waals surface area contributed by atoms with Gasteiger partial charge in [-0.3, -0.25) is 9.20 Å². The molecule has 0 atom stereocenters. The molecule has 0 amide bonds. The first-order valence-corrected chi connectivity index (χ1v) is 8.72. The van der Waals surface area contributed by atoms with E-state index in [-0.39, 0.29) is 12.2 Å². The zero-order valence-corrected chi connectivity index (χ0v) is 15.1. The predicted octanol–water partition coefficient (Wildman–Crippen LogP) is 3.58. The molecular weight excluding hydrogens is 392 g/mol. The molecule has 0 aliphatic heterocycles. The molecule has 0 unspecified atom stereocenters. The van der Waals surface area contributed by atoms with Gasteiger partial charge in [-0.25, -0.2) is 9.78 Å². The molecule has 0 spiro atoms. The molecule has 0 bridgehead atoms. The summed E-state index contributed by atoms with van der Waals surface area (Å²) in [6, 6.07) is 8.84. The van der Waals surface area contributed by atoms with Crippen molar-refractivity contribution in [1.29, 1.82) is 0 Å². The Balaban J connectivity index is 1.71. The largest absolute Gasteiger partial charge is 0.456 e. The lowest BCUT2D eigenvalue weighted by Crippen LogP contribution is -2.17. The van der Waals surface area contributed by atoms with Crippen molar-refractivity contribution in [2.75, 3.05) is 0 Å². The molecule has 3 rings (SSSR count). The van der Waals surface area contributed by atoms with E-state index in [1.54, 1.807) is 18.3 Å². The predicted molar refractivity (Wildman–Crippen MR) is 97.0 cm³/mol. The Hall–Kier alpha value is -2.25. The van der Waals surface area contributed by atoms with Crippen LogP contribution in [0.5, 0.6) is 0 Å². The summed E-state index contributed by atoms with van der Waals surface area (Å²) < 4.78 is 7.62. The number of halogens is 1. The van der Waals surface area contributed by atoms with Crippen LogP contribution >= 0.6 is 27.3 Å². The topological polar surface area (TPSA) is 60.7 Å². The van der Waals surface area contributed by atoms with Crippen LogP contribution in [0.2, 0.25) is 0 Å². The highest BCUT2D eigenvalue weighted by Crippen LogP contribution is 2.22. The van der Waals surface area contributed by atoms with E-state index in [2.05, 4.69) is 20.9 Å². The van der Waals surface area contributed by atoms with Crippen LogP contribution in [0.4, 0.5) is 0 Å². The molecule has 0 N–H and O–H groups in total. The van der Waals surface area contributed by atoms with Crippen molar-refractivity contribution in [3.63, 3.8) is 0 Å². The Morgan fingerprint density at radius 2 is 2.25 bits per heavy atom. The second kappa shape index (κ2) is 7.11. The fraction of sp³-hybridized carbons (Fsp3) is 0.118. The average molecular weight is 405 g/mol. The molecule has 7 heteroatoms. The highest BCUT2D eigenvalue weighted by atomic mass is 79.9. The van der Waals surface area contributed by atoms with Crippen LogP contribution in [-0.2, 0) is 16.1 Å². The molecule has 0 aliphatic rings. The number of aryl methyl sites for hydroxylation is 1. The minimum atomic E-state index is -0.480. The zero-order chi connectivity index (χ0) is 17.1. The lowest BCUT2D eigenvalue weighted by molar-refractivity contribution is -0.139. The van der Waals surface area contributed by atoms with E-state index in [4.69, 9.17) is 4.74 Å². The maximum atomic E-state index is 12.1. The Bertz CT molecular complexity index is 991. The number of aromatic nitrogens is 2. The summed E-state index contributed by atoms with van der Waals surface area (Å²) in [5.41, 5.74) is 1.67. The maximum Gasteiger partial charge on any atom is 0.331 e. The van der Waals surface area contributed by atoms with E-state index < -0.39 is 5.97 Å². The molecule has 3 aromatic heterocycles. The van der Waals surface area contributed by atoms with Gasteiger partial charge in [0.25, 0.3) is 5.56 Å². The van der Waals surface area contributed by atoms with Gasteiger partial charge >= 0.3 is 5.97 Å². The third-order valence-electron chi connectivity index (χ3n) is 3.28. The Kier molecular flexibility index (Phi) is 4.92. The normalized spacial score (nSPS) is 11.2. The smallest absolute Gasteiger partial charge is 0.331 e. The number of carbonyl (C=O) groups excluding carboxylic acids is 1. The number of rotatable bonds is 4. The van der Waals surface area contributed by atoms with Crippen molar-refractivity contribution in [1.82, 2.24) is 9.38 Å². The first kappa shape index (κ1) is 16.6. The van der Waals surface area contributed by atoms with E-state index in [1.807, 2.05) is 25.1 Å². The molecule has 0 saturated heterocycles. The molecule has 5 nitrogen and oxygen atoms in total. The molecule has 3 aromatic rings. The fourth-order valence-corrected chi connectivity index (χ4v) is 3.47. The molecule has 0 fully saturated rings. The number of hydrogen-bond donors (Lipinski definition) is 0. The SMILES string of the molecule is Cc1cccn2c(=O)cc(COC(=O)/C=C/c3ccc(Br)s3)nc12. The van der Waals surface area contributed by atoms with Crippen LogP contribution in [0.3, 0.4) is 0 Å². The monoisotopic (exact) mass is 404 g/mol. The summed E-state index contributed by atoms with van der Waals surface area (Å²) in [5.74, 6) is -0.480. The number of fused-ring (bicyclic) bond motifs is 1. The molecule has 0 radical (unpaired) electrons. The lowest BCUT2D eigenvalue weighted by atomic mass is 10.3. The van der Waals surface area contributed by atoms with Crippen molar-refractivity contribution in [2.24, 2.45) is 0 Å². The van der Waals surface area contributed by atoms with Crippen molar-refractivity contribution in [3.8, 4) is 0 Å². The van der Waals surface area contributed by atoms with Crippen LogP contribution < -0.4 is 5.56 Å². The molecule has 0 saturated carbocycles. The number of ether oxygens (including phenoxy) is 1. The van der Waals surface area contributed by atoms with Crippen molar-refractivity contribution < 1.29 is 9.53 Å². The van der Waals surface area contributed by atoms with Crippen molar-refractivity contribution in [3.05, 3.63) is 72.9 Å². The van der Waals surface area contributed by atoms with Crippen LogP contribution in [0.15, 0.2) is 51.2 Å². The minimum absolute atomic E-state index is 0.0443. The van der Waals surface area contributed by atoms with Gasteiger partial charge in [0.15, 0.2) is 0 Å². The second-order valence-corrected chi connectivity index (χ2v) is 7.55. The standard InChI is InChI=1S/C17H13BrN2O3S/c1-11-3-2-8-20-15(21)9-12(19-17(11)20)10-23-16(22)7-5-13-4-6-14(18)24-13/h2-9H,10H2,1H3/b7-5+. The van der Waals surface area contributed by atoms with Gasteiger partial charge < -0.3 is 4.74 Å². The van der Waals surface area contributed by atoms with E-state index in [1.165, 1.54) is 27.9 Å². The summed E-state index contributed by atoms with van der Waals surface area (Å²) in [7, 11) is 0. The number of pyridine rings is 1. The third kappa shape index (κ3) is 3.80. The van der Waals surface area contributed by atoms with Crippen molar-refractivity contribution >= 4 is 45.0 Å². The van der Waals surface area contributed by atoms with Crippen LogP contribution in [0.25, 0.3) is 11.7 Å².